The van der Waals surface area contributed by atoms with Crippen molar-refractivity contribution in [3.05, 3.63) is 29.8 Å². The van der Waals surface area contributed by atoms with Crippen molar-refractivity contribution in [1.82, 2.24) is 0 Å². The Hall–Kier alpha value is -1.16. The maximum Gasteiger partial charge on any atom is 0.308 e. The van der Waals surface area contributed by atoms with Gasteiger partial charge in [-0.2, -0.15) is 0 Å². The molecule has 0 radical (unpaired) electrons. The fourth-order valence-corrected chi connectivity index (χ4v) is 4.10. The van der Waals surface area contributed by atoms with Gasteiger partial charge in [0, 0.05) is 10.6 Å². The van der Waals surface area contributed by atoms with Gasteiger partial charge >= 0.3 is 5.97 Å². The van der Waals surface area contributed by atoms with Gasteiger partial charge in [0.15, 0.2) is 0 Å². The van der Waals surface area contributed by atoms with Crippen molar-refractivity contribution < 1.29 is 13.7 Å². The summed E-state index contributed by atoms with van der Waals surface area (Å²) in [4.78, 5) is 12.5. The number of carbonyl (C=O) groups is 1. The molecule has 0 aliphatic heterocycles. The topological polar surface area (TPSA) is 43.4 Å². The average molecular weight is 280 g/mol. The second-order valence-electron chi connectivity index (χ2n) is 5.15. The maximum absolute atomic E-state index is 12.3. The minimum atomic E-state index is -1.03. The summed E-state index contributed by atoms with van der Waals surface area (Å²) in [6.07, 6.45) is 2.86. The molecule has 3 nitrogen and oxygen atoms in total. The quantitative estimate of drug-likeness (QED) is 0.796. The molecule has 0 amide bonds. The summed E-state index contributed by atoms with van der Waals surface area (Å²) in [7, 11) is 0.397. The van der Waals surface area contributed by atoms with Crippen molar-refractivity contribution in [2.75, 3.05) is 12.9 Å². The number of ether oxygens (including phenoxy) is 1. The van der Waals surface area contributed by atoms with Crippen molar-refractivity contribution >= 4 is 16.8 Å². The van der Waals surface area contributed by atoms with Gasteiger partial charge in [-0.1, -0.05) is 24.1 Å². The first-order valence-electron chi connectivity index (χ1n) is 6.64. The highest BCUT2D eigenvalue weighted by Crippen LogP contribution is 2.34. The van der Waals surface area contributed by atoms with Crippen LogP contribution in [0.25, 0.3) is 0 Å². The first kappa shape index (κ1) is 14.3. The number of carbonyl (C=O) groups excluding carboxylic acids is 1. The van der Waals surface area contributed by atoms with Crippen LogP contribution in [0.3, 0.4) is 0 Å². The van der Waals surface area contributed by atoms with Gasteiger partial charge in [-0.05, 0) is 37.8 Å². The Kier molecular flexibility index (Phi) is 4.75. The van der Waals surface area contributed by atoms with Crippen molar-refractivity contribution in [3.63, 3.8) is 0 Å². The molecule has 0 unspecified atom stereocenters. The molecule has 1 aromatic carbocycles. The average Bonchev–Trinajstić information content (AvgIpc) is 2.86. The zero-order valence-corrected chi connectivity index (χ0v) is 12.2. The van der Waals surface area contributed by atoms with Crippen molar-refractivity contribution in [2.24, 2.45) is 11.8 Å². The van der Waals surface area contributed by atoms with E-state index in [1.54, 1.807) is 0 Å². The third-order valence-corrected chi connectivity index (χ3v) is 5.34. The number of rotatable bonds is 4. The maximum atomic E-state index is 12.3. The molecule has 3 atom stereocenters. The number of hydrogen-bond donors (Lipinski definition) is 0. The van der Waals surface area contributed by atoms with Gasteiger partial charge in [-0.3, -0.25) is 9.00 Å². The Balaban J connectivity index is 2.02. The summed E-state index contributed by atoms with van der Waals surface area (Å²) in [5.74, 6) is 0.528. The lowest BCUT2D eigenvalue weighted by Crippen LogP contribution is -2.24. The minimum absolute atomic E-state index is 0.0700. The van der Waals surface area contributed by atoms with Gasteiger partial charge in [0.05, 0.1) is 23.8 Å². The van der Waals surface area contributed by atoms with Gasteiger partial charge in [0.25, 0.3) is 0 Å². The summed E-state index contributed by atoms with van der Waals surface area (Å²) in [6, 6.07) is 7.76. The molecule has 2 rings (SSSR count). The van der Waals surface area contributed by atoms with Crippen molar-refractivity contribution in [1.29, 1.82) is 0 Å². The van der Waals surface area contributed by atoms with Gasteiger partial charge in [-0.15, -0.1) is 0 Å². The van der Waals surface area contributed by atoms with E-state index >= 15 is 0 Å². The highest BCUT2D eigenvalue weighted by atomic mass is 32.2. The lowest BCUT2D eigenvalue weighted by molar-refractivity contribution is -0.146. The monoisotopic (exact) mass is 280 g/mol. The van der Waals surface area contributed by atoms with E-state index < -0.39 is 10.8 Å². The Morgan fingerprint density at radius 1 is 1.32 bits per heavy atom. The SMILES string of the molecule is COC(=O)[C@@H]1CCC[C@H]1C[S@@](=O)c1ccc(C)cc1. The van der Waals surface area contributed by atoms with E-state index in [4.69, 9.17) is 4.74 Å². The van der Waals surface area contributed by atoms with E-state index in [9.17, 15) is 9.00 Å². The van der Waals surface area contributed by atoms with E-state index in [0.717, 1.165) is 29.7 Å². The first-order valence-corrected chi connectivity index (χ1v) is 7.96. The van der Waals surface area contributed by atoms with Crippen LogP contribution in [0.15, 0.2) is 29.2 Å². The number of methoxy groups -OCH3 is 1. The summed E-state index contributed by atoms with van der Waals surface area (Å²) in [6.45, 7) is 2.01. The van der Waals surface area contributed by atoms with Gasteiger partial charge < -0.3 is 4.74 Å². The Morgan fingerprint density at radius 2 is 2.00 bits per heavy atom. The lowest BCUT2D eigenvalue weighted by Gasteiger charge is -2.16. The standard InChI is InChI=1S/C15H20O3S/c1-11-6-8-13(9-7-11)19(17)10-12-4-3-5-14(12)15(16)18-2/h6-9,12,14H,3-5,10H2,1-2H3/t12-,14+,19+/m0/s1. The molecule has 104 valence electrons. The molecule has 1 fully saturated rings. The predicted octanol–water partition coefficient (Wildman–Crippen LogP) is 2.69. The van der Waals surface area contributed by atoms with E-state index in [0.29, 0.717) is 5.75 Å². The number of esters is 1. The smallest absolute Gasteiger partial charge is 0.308 e. The van der Waals surface area contributed by atoms with Crippen LogP contribution in [0, 0.1) is 18.8 Å². The van der Waals surface area contributed by atoms with Gasteiger partial charge in [0.2, 0.25) is 0 Å². The Bertz CT molecular complexity index is 467. The van der Waals surface area contributed by atoms with Crippen LogP contribution in [0.1, 0.15) is 24.8 Å². The summed E-state index contributed by atoms with van der Waals surface area (Å²) in [5, 5.41) is 0. The molecule has 0 saturated heterocycles. The molecule has 1 saturated carbocycles. The molecule has 1 aromatic rings. The molecular weight excluding hydrogens is 260 g/mol. The van der Waals surface area contributed by atoms with E-state index in [-0.39, 0.29) is 17.8 Å². The van der Waals surface area contributed by atoms with Crippen LogP contribution >= 0.6 is 0 Å². The Morgan fingerprint density at radius 3 is 2.63 bits per heavy atom. The van der Waals surface area contributed by atoms with Crippen molar-refractivity contribution in [3.8, 4) is 0 Å². The fourth-order valence-electron chi connectivity index (χ4n) is 2.68. The number of benzene rings is 1. The fraction of sp³-hybridized carbons (Fsp3) is 0.533. The second-order valence-corrected chi connectivity index (χ2v) is 6.64. The highest BCUT2D eigenvalue weighted by molar-refractivity contribution is 7.85. The molecule has 19 heavy (non-hydrogen) atoms. The molecule has 0 spiro atoms. The Labute approximate surface area is 116 Å². The van der Waals surface area contributed by atoms with E-state index in [1.165, 1.54) is 7.11 Å². The molecule has 0 heterocycles. The molecule has 4 heteroatoms. The molecular formula is C15H20O3S. The van der Waals surface area contributed by atoms with Crippen LogP contribution in [-0.4, -0.2) is 23.0 Å². The van der Waals surface area contributed by atoms with E-state index in [1.807, 2.05) is 31.2 Å². The third kappa shape index (κ3) is 3.44. The van der Waals surface area contributed by atoms with Gasteiger partial charge in [0.1, 0.15) is 0 Å². The predicted molar refractivity (Wildman–Crippen MR) is 75.3 cm³/mol. The second kappa shape index (κ2) is 6.33. The molecule has 1 aliphatic carbocycles. The van der Waals surface area contributed by atoms with Crippen molar-refractivity contribution in [2.45, 2.75) is 31.1 Å². The minimum Gasteiger partial charge on any atom is -0.469 e. The number of aryl methyl sites for hydroxylation is 1. The third-order valence-electron chi connectivity index (χ3n) is 3.81. The van der Waals surface area contributed by atoms with Crippen LogP contribution in [0.2, 0.25) is 0 Å². The van der Waals surface area contributed by atoms with Crippen LogP contribution in [0.5, 0.6) is 0 Å². The van der Waals surface area contributed by atoms with E-state index in [2.05, 4.69) is 0 Å². The van der Waals surface area contributed by atoms with Crippen LogP contribution in [0.4, 0.5) is 0 Å². The zero-order chi connectivity index (χ0) is 13.8. The lowest BCUT2D eigenvalue weighted by atomic mass is 9.98. The number of hydrogen-bond acceptors (Lipinski definition) is 3. The molecule has 1 aliphatic rings. The van der Waals surface area contributed by atoms with Crippen LogP contribution < -0.4 is 0 Å². The summed E-state index contributed by atoms with van der Waals surface area (Å²) in [5.41, 5.74) is 1.16. The molecule has 0 aromatic heterocycles. The zero-order valence-electron chi connectivity index (χ0n) is 11.4. The van der Waals surface area contributed by atoms with Gasteiger partial charge in [-0.25, -0.2) is 0 Å². The molecule has 0 bridgehead atoms. The molecule has 0 N–H and O–H groups in total. The first-order chi connectivity index (χ1) is 9.11. The van der Waals surface area contributed by atoms with Crippen LogP contribution in [-0.2, 0) is 20.3 Å². The summed E-state index contributed by atoms with van der Waals surface area (Å²) >= 11 is 0. The highest BCUT2D eigenvalue weighted by Gasteiger charge is 2.34. The largest absolute Gasteiger partial charge is 0.469 e. The normalized spacial score (nSPS) is 24.1. The summed E-state index contributed by atoms with van der Waals surface area (Å²) < 4.78 is 17.2.